The molecule has 2 aromatic heterocycles. The second-order valence-electron chi connectivity index (χ2n) is 6.33. The van der Waals surface area contributed by atoms with E-state index in [-0.39, 0.29) is 0 Å². The third kappa shape index (κ3) is 5.54. The van der Waals surface area contributed by atoms with E-state index in [2.05, 4.69) is 37.0 Å². The Morgan fingerprint density at radius 2 is 2.12 bits per heavy atom. The standard InChI is InChI=1S/C16H24N4O2S3/c1-25(21,22)17-9-11-24-16-19-18-15(12-14-8-5-10-23-14)20(16)13-6-3-2-4-7-13/h5,8,10,13,17H,2-4,6-7,9,11-12H2,1H3. The number of rotatable bonds is 8. The van der Waals surface area contributed by atoms with Crippen molar-refractivity contribution in [3.05, 3.63) is 28.2 Å². The smallest absolute Gasteiger partial charge is 0.208 e. The predicted octanol–water partition coefficient (Wildman–Crippen LogP) is 3.08. The Kier molecular flexibility index (Phi) is 6.54. The Labute approximate surface area is 157 Å². The Hall–Kier alpha value is -0.900. The lowest BCUT2D eigenvalue weighted by atomic mass is 9.95. The van der Waals surface area contributed by atoms with Gasteiger partial charge in [0.15, 0.2) is 5.16 Å². The van der Waals surface area contributed by atoms with Crippen molar-refractivity contribution >= 4 is 33.1 Å². The van der Waals surface area contributed by atoms with Crippen LogP contribution in [0.25, 0.3) is 0 Å². The van der Waals surface area contributed by atoms with Crippen LogP contribution in [0.1, 0.15) is 48.8 Å². The average Bonchev–Trinajstić information content (AvgIpc) is 3.22. The third-order valence-electron chi connectivity index (χ3n) is 4.28. The minimum Gasteiger partial charge on any atom is -0.303 e. The van der Waals surface area contributed by atoms with Crippen molar-refractivity contribution in [1.29, 1.82) is 0 Å². The van der Waals surface area contributed by atoms with E-state index in [1.165, 1.54) is 43.2 Å². The van der Waals surface area contributed by atoms with Gasteiger partial charge in [-0.15, -0.1) is 21.5 Å². The second kappa shape index (κ2) is 8.66. The molecule has 1 aliphatic rings. The molecule has 1 fully saturated rings. The van der Waals surface area contributed by atoms with Crippen LogP contribution in [0.4, 0.5) is 0 Å². The third-order valence-corrected chi connectivity index (χ3v) is 6.83. The summed E-state index contributed by atoms with van der Waals surface area (Å²) in [6, 6.07) is 4.66. The molecule has 0 radical (unpaired) electrons. The van der Waals surface area contributed by atoms with Crippen molar-refractivity contribution in [1.82, 2.24) is 19.5 Å². The number of thioether (sulfide) groups is 1. The minimum atomic E-state index is -3.14. The zero-order valence-electron chi connectivity index (χ0n) is 14.3. The van der Waals surface area contributed by atoms with E-state index >= 15 is 0 Å². The molecule has 0 saturated heterocycles. The van der Waals surface area contributed by atoms with Gasteiger partial charge in [-0.05, 0) is 24.3 Å². The van der Waals surface area contributed by atoms with Crippen molar-refractivity contribution in [3.63, 3.8) is 0 Å². The number of hydrogen-bond donors (Lipinski definition) is 1. The van der Waals surface area contributed by atoms with E-state index < -0.39 is 10.0 Å². The topological polar surface area (TPSA) is 76.9 Å². The van der Waals surface area contributed by atoms with Crippen molar-refractivity contribution in [2.24, 2.45) is 0 Å². The Balaban J connectivity index is 1.73. The predicted molar refractivity (Wildman–Crippen MR) is 103 cm³/mol. The molecule has 25 heavy (non-hydrogen) atoms. The molecule has 1 aliphatic carbocycles. The monoisotopic (exact) mass is 400 g/mol. The van der Waals surface area contributed by atoms with Crippen LogP contribution in [0.15, 0.2) is 22.7 Å². The lowest BCUT2D eigenvalue weighted by Gasteiger charge is -2.25. The van der Waals surface area contributed by atoms with E-state index in [1.54, 1.807) is 23.1 Å². The van der Waals surface area contributed by atoms with Gasteiger partial charge in [0.25, 0.3) is 0 Å². The first-order valence-electron chi connectivity index (χ1n) is 8.56. The first kappa shape index (κ1) is 18.9. The van der Waals surface area contributed by atoms with Crippen LogP contribution < -0.4 is 4.72 Å². The molecule has 1 saturated carbocycles. The van der Waals surface area contributed by atoms with Gasteiger partial charge < -0.3 is 4.57 Å². The maximum atomic E-state index is 11.2. The molecule has 0 atom stereocenters. The van der Waals surface area contributed by atoms with E-state index in [0.717, 1.165) is 17.4 Å². The van der Waals surface area contributed by atoms with Gasteiger partial charge in [0.1, 0.15) is 5.82 Å². The lowest BCUT2D eigenvalue weighted by molar-refractivity contribution is 0.330. The van der Waals surface area contributed by atoms with Crippen molar-refractivity contribution in [2.75, 3.05) is 18.6 Å². The molecule has 0 bridgehead atoms. The summed E-state index contributed by atoms with van der Waals surface area (Å²) in [5, 5.41) is 11.9. The second-order valence-corrected chi connectivity index (χ2v) is 10.3. The molecular formula is C16H24N4O2S3. The van der Waals surface area contributed by atoms with Gasteiger partial charge >= 0.3 is 0 Å². The first-order chi connectivity index (χ1) is 12.0. The van der Waals surface area contributed by atoms with Gasteiger partial charge in [-0.25, -0.2) is 13.1 Å². The normalized spacial score (nSPS) is 16.4. The number of nitrogens with zero attached hydrogens (tertiary/aromatic N) is 3. The Morgan fingerprint density at radius 1 is 1.32 bits per heavy atom. The highest BCUT2D eigenvalue weighted by atomic mass is 32.2. The maximum absolute atomic E-state index is 11.2. The first-order valence-corrected chi connectivity index (χ1v) is 12.3. The quantitative estimate of drug-likeness (QED) is 0.544. The van der Waals surface area contributed by atoms with Gasteiger partial charge in [-0.1, -0.05) is 37.1 Å². The van der Waals surface area contributed by atoms with E-state index in [0.29, 0.717) is 18.3 Å². The summed E-state index contributed by atoms with van der Waals surface area (Å²) < 4.78 is 27.2. The molecule has 9 heteroatoms. The number of aromatic nitrogens is 3. The number of hydrogen-bond acceptors (Lipinski definition) is 6. The van der Waals surface area contributed by atoms with Gasteiger partial charge in [-0.2, -0.15) is 0 Å². The van der Waals surface area contributed by atoms with Gasteiger partial charge in [0, 0.05) is 29.6 Å². The molecule has 0 unspecified atom stereocenters. The number of nitrogens with one attached hydrogen (secondary N) is 1. The van der Waals surface area contributed by atoms with Crippen LogP contribution >= 0.6 is 23.1 Å². The molecule has 3 rings (SSSR count). The zero-order valence-corrected chi connectivity index (χ0v) is 16.8. The molecule has 2 heterocycles. The van der Waals surface area contributed by atoms with Crippen molar-refractivity contribution < 1.29 is 8.42 Å². The van der Waals surface area contributed by atoms with Crippen molar-refractivity contribution in [3.8, 4) is 0 Å². The number of thiophene rings is 1. The highest BCUT2D eigenvalue weighted by molar-refractivity contribution is 7.99. The minimum absolute atomic E-state index is 0.404. The van der Waals surface area contributed by atoms with Gasteiger partial charge in [0.05, 0.1) is 6.26 Å². The summed E-state index contributed by atoms with van der Waals surface area (Å²) >= 11 is 3.32. The van der Waals surface area contributed by atoms with Gasteiger partial charge in [-0.3, -0.25) is 0 Å². The summed E-state index contributed by atoms with van der Waals surface area (Å²) in [6.45, 7) is 0.404. The van der Waals surface area contributed by atoms with Crippen LogP contribution in [0, 0.1) is 0 Å². The number of sulfonamides is 1. The Bertz CT molecular complexity index is 765. The highest BCUT2D eigenvalue weighted by Crippen LogP contribution is 2.33. The maximum Gasteiger partial charge on any atom is 0.208 e. The molecule has 0 spiro atoms. The summed E-state index contributed by atoms with van der Waals surface area (Å²) in [7, 11) is -3.14. The SMILES string of the molecule is CS(=O)(=O)NCCSc1nnc(Cc2cccs2)n1C1CCCCC1. The summed E-state index contributed by atoms with van der Waals surface area (Å²) in [5.41, 5.74) is 0. The zero-order chi connectivity index (χ0) is 17.7. The molecule has 1 N–H and O–H groups in total. The fourth-order valence-electron chi connectivity index (χ4n) is 3.17. The van der Waals surface area contributed by atoms with E-state index in [1.807, 2.05) is 0 Å². The molecule has 6 nitrogen and oxygen atoms in total. The summed E-state index contributed by atoms with van der Waals surface area (Å²) in [4.78, 5) is 1.29. The summed E-state index contributed by atoms with van der Waals surface area (Å²) in [5.74, 6) is 1.67. The lowest BCUT2D eigenvalue weighted by Crippen LogP contribution is -2.24. The highest BCUT2D eigenvalue weighted by Gasteiger charge is 2.23. The molecular weight excluding hydrogens is 376 g/mol. The average molecular weight is 401 g/mol. The van der Waals surface area contributed by atoms with Crippen LogP contribution in [-0.2, 0) is 16.4 Å². The van der Waals surface area contributed by atoms with Crippen LogP contribution in [0.5, 0.6) is 0 Å². The Morgan fingerprint density at radius 3 is 2.80 bits per heavy atom. The van der Waals surface area contributed by atoms with Crippen molar-refractivity contribution in [2.45, 2.75) is 49.7 Å². The van der Waals surface area contributed by atoms with E-state index in [4.69, 9.17) is 0 Å². The fraction of sp³-hybridized carbons (Fsp3) is 0.625. The fourth-order valence-corrected chi connectivity index (χ4v) is 5.35. The molecule has 2 aromatic rings. The van der Waals surface area contributed by atoms with Crippen LogP contribution in [0.2, 0.25) is 0 Å². The molecule has 138 valence electrons. The molecule has 0 amide bonds. The molecule has 0 aliphatic heterocycles. The molecule has 0 aromatic carbocycles. The van der Waals surface area contributed by atoms with Gasteiger partial charge in [0.2, 0.25) is 10.0 Å². The summed E-state index contributed by atoms with van der Waals surface area (Å²) in [6.07, 6.45) is 8.14. The van der Waals surface area contributed by atoms with E-state index in [9.17, 15) is 8.42 Å². The van der Waals surface area contributed by atoms with Crippen LogP contribution in [0.3, 0.4) is 0 Å². The van der Waals surface area contributed by atoms with Crippen LogP contribution in [-0.4, -0.2) is 41.7 Å². The largest absolute Gasteiger partial charge is 0.303 e.